The molecule has 1 fully saturated rings. The molecule has 2 aromatic rings. The summed E-state index contributed by atoms with van der Waals surface area (Å²) < 4.78 is 38.6. The van der Waals surface area contributed by atoms with Crippen molar-refractivity contribution in [2.24, 2.45) is 11.3 Å². The number of hydrogen-bond donors (Lipinski definition) is 2. The van der Waals surface area contributed by atoms with Crippen molar-refractivity contribution >= 4 is 17.7 Å². The van der Waals surface area contributed by atoms with Crippen molar-refractivity contribution in [2.75, 3.05) is 11.9 Å². The Labute approximate surface area is 161 Å². The van der Waals surface area contributed by atoms with Crippen LogP contribution in [0.4, 0.5) is 18.9 Å². The molecule has 0 bridgehead atoms. The SMILES string of the molecule is CC1(C)C(C(=O)NC2=Cc3ccc(C(F)(F)F)cc3NC2)C1c1ccccc1. The molecule has 1 amide bonds. The maximum absolute atomic E-state index is 12.9. The van der Waals surface area contributed by atoms with E-state index in [1.807, 2.05) is 30.3 Å². The van der Waals surface area contributed by atoms with Gasteiger partial charge in [0, 0.05) is 17.3 Å². The van der Waals surface area contributed by atoms with Gasteiger partial charge in [-0.15, -0.1) is 0 Å². The van der Waals surface area contributed by atoms with Crippen LogP contribution in [0.15, 0.2) is 54.2 Å². The van der Waals surface area contributed by atoms with Gasteiger partial charge in [-0.1, -0.05) is 50.2 Å². The quantitative estimate of drug-likeness (QED) is 0.777. The molecule has 6 heteroatoms. The molecule has 2 N–H and O–H groups in total. The second kappa shape index (κ2) is 6.40. The highest BCUT2D eigenvalue weighted by atomic mass is 19.4. The van der Waals surface area contributed by atoms with Gasteiger partial charge in [0.1, 0.15) is 0 Å². The number of alkyl halides is 3. The van der Waals surface area contributed by atoms with Gasteiger partial charge >= 0.3 is 6.18 Å². The van der Waals surface area contributed by atoms with Gasteiger partial charge in [-0.25, -0.2) is 0 Å². The fourth-order valence-corrected chi connectivity index (χ4v) is 4.17. The van der Waals surface area contributed by atoms with Crippen LogP contribution in [-0.2, 0) is 11.0 Å². The van der Waals surface area contributed by atoms with Crippen molar-refractivity contribution in [3.05, 3.63) is 70.9 Å². The highest BCUT2D eigenvalue weighted by Gasteiger charge is 2.62. The molecule has 2 aliphatic rings. The Hall–Kier alpha value is -2.76. The monoisotopic (exact) mass is 386 g/mol. The first-order valence-corrected chi connectivity index (χ1v) is 9.19. The molecule has 2 unspecified atom stereocenters. The normalized spacial score (nSPS) is 22.5. The molecular weight excluding hydrogens is 365 g/mol. The first-order chi connectivity index (χ1) is 13.2. The van der Waals surface area contributed by atoms with Crippen molar-refractivity contribution in [2.45, 2.75) is 25.9 Å². The minimum atomic E-state index is -4.38. The fourth-order valence-electron chi connectivity index (χ4n) is 4.17. The molecule has 1 heterocycles. The van der Waals surface area contributed by atoms with Gasteiger partial charge in [-0.2, -0.15) is 13.2 Å². The molecule has 1 aliphatic carbocycles. The zero-order valence-corrected chi connectivity index (χ0v) is 15.6. The number of benzene rings is 2. The summed E-state index contributed by atoms with van der Waals surface area (Å²) in [6, 6.07) is 13.5. The van der Waals surface area contributed by atoms with Gasteiger partial charge < -0.3 is 10.6 Å². The van der Waals surface area contributed by atoms with Crippen LogP contribution < -0.4 is 10.6 Å². The van der Waals surface area contributed by atoms with E-state index in [4.69, 9.17) is 0 Å². The summed E-state index contributed by atoms with van der Waals surface area (Å²) in [4.78, 5) is 12.8. The summed E-state index contributed by atoms with van der Waals surface area (Å²) in [5, 5.41) is 5.93. The number of halogens is 3. The highest BCUT2D eigenvalue weighted by Crippen LogP contribution is 2.64. The van der Waals surface area contributed by atoms with Gasteiger partial charge in [-0.05, 0) is 34.8 Å². The van der Waals surface area contributed by atoms with Crippen LogP contribution in [0.3, 0.4) is 0 Å². The third-order valence-electron chi connectivity index (χ3n) is 5.73. The maximum Gasteiger partial charge on any atom is 0.416 e. The molecule has 28 heavy (non-hydrogen) atoms. The molecule has 1 saturated carbocycles. The Bertz CT molecular complexity index is 948. The molecule has 2 atom stereocenters. The summed E-state index contributed by atoms with van der Waals surface area (Å²) in [7, 11) is 0. The van der Waals surface area contributed by atoms with Gasteiger partial charge in [0.15, 0.2) is 0 Å². The first kappa shape index (κ1) is 18.6. The van der Waals surface area contributed by atoms with E-state index in [0.717, 1.165) is 17.7 Å². The highest BCUT2D eigenvalue weighted by molar-refractivity contribution is 5.88. The van der Waals surface area contributed by atoms with Crippen molar-refractivity contribution in [1.82, 2.24) is 5.32 Å². The van der Waals surface area contributed by atoms with Crippen molar-refractivity contribution in [1.29, 1.82) is 0 Å². The average molecular weight is 386 g/mol. The number of hydrogen-bond acceptors (Lipinski definition) is 2. The van der Waals surface area contributed by atoms with Gasteiger partial charge in [-0.3, -0.25) is 4.79 Å². The smallest absolute Gasteiger partial charge is 0.379 e. The Morgan fingerprint density at radius 2 is 1.86 bits per heavy atom. The molecule has 4 rings (SSSR count). The number of anilines is 1. The van der Waals surface area contributed by atoms with Crippen LogP contribution >= 0.6 is 0 Å². The Morgan fingerprint density at radius 3 is 2.54 bits per heavy atom. The number of carbonyl (C=O) groups excluding carboxylic acids is 1. The minimum Gasteiger partial charge on any atom is -0.379 e. The molecule has 0 radical (unpaired) electrons. The molecule has 1 aliphatic heterocycles. The molecular formula is C22H21F3N2O. The maximum atomic E-state index is 12.9. The van der Waals surface area contributed by atoms with Crippen LogP contribution in [0.25, 0.3) is 6.08 Å². The van der Waals surface area contributed by atoms with E-state index >= 15 is 0 Å². The number of nitrogens with one attached hydrogen (secondary N) is 2. The lowest BCUT2D eigenvalue weighted by Crippen LogP contribution is -2.30. The number of rotatable bonds is 3. The molecule has 0 saturated heterocycles. The lowest BCUT2D eigenvalue weighted by molar-refractivity contribution is -0.137. The molecule has 3 nitrogen and oxygen atoms in total. The lowest BCUT2D eigenvalue weighted by Gasteiger charge is -2.21. The van der Waals surface area contributed by atoms with E-state index in [9.17, 15) is 18.0 Å². The van der Waals surface area contributed by atoms with Gasteiger partial charge in [0.2, 0.25) is 5.91 Å². The predicted octanol–water partition coefficient (Wildman–Crippen LogP) is 5.03. The van der Waals surface area contributed by atoms with Gasteiger partial charge in [0.05, 0.1) is 18.0 Å². The van der Waals surface area contributed by atoms with Crippen LogP contribution in [0.1, 0.15) is 36.5 Å². The Balaban J connectivity index is 1.50. The molecule has 0 spiro atoms. The number of fused-ring (bicyclic) bond motifs is 1. The first-order valence-electron chi connectivity index (χ1n) is 9.19. The summed E-state index contributed by atoms with van der Waals surface area (Å²) in [6.07, 6.45) is -2.64. The largest absolute Gasteiger partial charge is 0.416 e. The van der Waals surface area contributed by atoms with E-state index in [1.165, 1.54) is 6.07 Å². The summed E-state index contributed by atoms with van der Waals surface area (Å²) >= 11 is 0. The molecule has 0 aromatic heterocycles. The predicted molar refractivity (Wildman–Crippen MR) is 103 cm³/mol. The molecule has 146 valence electrons. The average Bonchev–Trinajstić information content (AvgIpc) is 3.23. The second-order valence-electron chi connectivity index (χ2n) is 8.00. The standard InChI is InChI=1S/C22H21F3N2O/c1-21(2)18(13-6-4-3-5-7-13)19(21)20(28)27-16-10-14-8-9-15(22(23,24)25)11-17(14)26-12-16/h3-11,18-19,26H,12H2,1-2H3,(H,27,28). The van der Waals surface area contributed by atoms with Crippen molar-refractivity contribution in [3.8, 4) is 0 Å². The van der Waals surface area contributed by atoms with E-state index in [-0.39, 0.29) is 29.7 Å². The van der Waals surface area contributed by atoms with Crippen molar-refractivity contribution in [3.63, 3.8) is 0 Å². The lowest BCUT2D eigenvalue weighted by atomic mass is 10.0. The minimum absolute atomic E-state index is 0.0535. The van der Waals surface area contributed by atoms with E-state index in [0.29, 0.717) is 16.9 Å². The fraction of sp³-hybridized carbons (Fsp3) is 0.318. The Kier molecular flexibility index (Phi) is 4.25. The van der Waals surface area contributed by atoms with Crippen LogP contribution in [-0.4, -0.2) is 12.5 Å². The van der Waals surface area contributed by atoms with Gasteiger partial charge in [0.25, 0.3) is 0 Å². The van der Waals surface area contributed by atoms with Crippen LogP contribution in [0.5, 0.6) is 0 Å². The number of carbonyl (C=O) groups is 1. The van der Waals surface area contributed by atoms with Crippen LogP contribution in [0, 0.1) is 11.3 Å². The summed E-state index contributed by atoms with van der Waals surface area (Å²) in [5.74, 6) is -0.0282. The zero-order valence-electron chi connectivity index (χ0n) is 15.6. The molecule has 2 aromatic carbocycles. The van der Waals surface area contributed by atoms with E-state index < -0.39 is 11.7 Å². The third kappa shape index (κ3) is 3.28. The Morgan fingerprint density at radius 1 is 1.14 bits per heavy atom. The van der Waals surface area contributed by atoms with E-state index in [2.05, 4.69) is 24.5 Å². The van der Waals surface area contributed by atoms with E-state index in [1.54, 1.807) is 6.08 Å². The summed E-state index contributed by atoms with van der Waals surface area (Å²) in [5.41, 5.74) is 2.03. The summed E-state index contributed by atoms with van der Waals surface area (Å²) in [6.45, 7) is 4.44. The van der Waals surface area contributed by atoms with Crippen molar-refractivity contribution < 1.29 is 18.0 Å². The zero-order chi connectivity index (χ0) is 20.1. The third-order valence-corrected chi connectivity index (χ3v) is 5.73. The topological polar surface area (TPSA) is 41.1 Å². The second-order valence-corrected chi connectivity index (χ2v) is 8.00. The van der Waals surface area contributed by atoms with Crippen LogP contribution in [0.2, 0.25) is 0 Å². The number of amides is 1.